The quantitative estimate of drug-likeness (QED) is 0.893. The van der Waals surface area contributed by atoms with Gasteiger partial charge in [0.25, 0.3) is 5.91 Å². The summed E-state index contributed by atoms with van der Waals surface area (Å²) in [7, 11) is 0. The smallest absolute Gasteiger partial charge is 0.262 e. The van der Waals surface area contributed by atoms with Gasteiger partial charge < -0.3 is 10.6 Å². The lowest BCUT2D eigenvalue weighted by Gasteiger charge is -2.16. The van der Waals surface area contributed by atoms with Crippen molar-refractivity contribution in [1.29, 1.82) is 0 Å². The summed E-state index contributed by atoms with van der Waals surface area (Å²) in [4.78, 5) is 25.9. The van der Waals surface area contributed by atoms with Crippen LogP contribution in [0.2, 0.25) is 0 Å². The number of hydrogen-bond acceptors (Lipinski definition) is 3. The molecule has 1 heterocycles. The van der Waals surface area contributed by atoms with Crippen molar-refractivity contribution in [2.24, 2.45) is 5.92 Å². The molecule has 2 amide bonds. The van der Waals surface area contributed by atoms with Gasteiger partial charge in [-0.2, -0.15) is 0 Å². The second kappa shape index (κ2) is 6.39. The lowest BCUT2D eigenvalue weighted by atomic mass is 9.90. The summed E-state index contributed by atoms with van der Waals surface area (Å²) < 4.78 is 0. The summed E-state index contributed by atoms with van der Waals surface area (Å²) >= 11 is 1.57. The van der Waals surface area contributed by atoms with E-state index in [1.165, 1.54) is 16.9 Å². The Morgan fingerprint density at radius 1 is 1.50 bits per heavy atom. The third kappa shape index (κ3) is 3.39. The number of rotatable bonds is 4. The third-order valence-corrected chi connectivity index (χ3v) is 4.88. The highest BCUT2D eigenvalue weighted by Gasteiger charge is 2.22. The molecule has 1 aliphatic carbocycles. The third-order valence-electron chi connectivity index (χ3n) is 3.64. The van der Waals surface area contributed by atoms with Crippen LogP contribution in [0.1, 0.15) is 47.3 Å². The van der Waals surface area contributed by atoms with E-state index in [2.05, 4.69) is 17.6 Å². The Hall–Kier alpha value is -1.36. The van der Waals surface area contributed by atoms with Gasteiger partial charge in [0.15, 0.2) is 0 Å². The van der Waals surface area contributed by atoms with Crippen LogP contribution in [0.5, 0.6) is 0 Å². The van der Waals surface area contributed by atoms with Crippen LogP contribution in [0.15, 0.2) is 6.07 Å². The maximum absolute atomic E-state index is 12.2. The fraction of sp³-hybridized carbons (Fsp3) is 0.600. The van der Waals surface area contributed by atoms with E-state index in [0.717, 1.165) is 17.7 Å². The van der Waals surface area contributed by atoms with E-state index < -0.39 is 6.04 Å². The zero-order chi connectivity index (χ0) is 14.7. The monoisotopic (exact) mass is 294 g/mol. The molecule has 1 aromatic rings. The number of carbonyl (C=O) groups excluding carboxylic acids is 2. The molecule has 0 unspecified atom stereocenters. The number of fused-ring (bicyclic) bond motifs is 1. The summed E-state index contributed by atoms with van der Waals surface area (Å²) in [6.45, 7) is 6.39. The van der Waals surface area contributed by atoms with Gasteiger partial charge in [0.1, 0.15) is 6.04 Å². The molecular weight excluding hydrogens is 272 g/mol. The Morgan fingerprint density at radius 2 is 2.25 bits per heavy atom. The molecule has 20 heavy (non-hydrogen) atoms. The van der Waals surface area contributed by atoms with Crippen LogP contribution in [0, 0.1) is 5.92 Å². The van der Waals surface area contributed by atoms with Gasteiger partial charge in [-0.15, -0.1) is 11.3 Å². The number of carbonyl (C=O) groups is 2. The topological polar surface area (TPSA) is 58.2 Å². The molecule has 2 atom stereocenters. The molecule has 0 saturated carbocycles. The number of thiophene rings is 1. The lowest BCUT2D eigenvalue weighted by molar-refractivity contribution is -0.122. The van der Waals surface area contributed by atoms with E-state index >= 15 is 0 Å². The first kappa shape index (κ1) is 15.0. The normalized spacial score (nSPS) is 19.1. The first-order chi connectivity index (χ1) is 9.51. The molecule has 0 bridgehead atoms. The molecule has 1 aromatic heterocycles. The summed E-state index contributed by atoms with van der Waals surface area (Å²) in [6.07, 6.45) is 3.33. The molecule has 110 valence electrons. The van der Waals surface area contributed by atoms with Gasteiger partial charge >= 0.3 is 0 Å². The number of hydrogen-bond donors (Lipinski definition) is 2. The summed E-state index contributed by atoms with van der Waals surface area (Å²) in [5, 5.41) is 5.47. The van der Waals surface area contributed by atoms with Crippen LogP contribution in [0.25, 0.3) is 0 Å². The van der Waals surface area contributed by atoms with Crippen molar-refractivity contribution in [1.82, 2.24) is 10.6 Å². The molecule has 1 aliphatic rings. The lowest BCUT2D eigenvalue weighted by Crippen LogP contribution is -2.44. The van der Waals surface area contributed by atoms with Crippen LogP contribution in [-0.2, 0) is 17.6 Å². The van der Waals surface area contributed by atoms with E-state index in [1.54, 1.807) is 18.3 Å². The van der Waals surface area contributed by atoms with E-state index in [-0.39, 0.29) is 11.8 Å². The zero-order valence-electron chi connectivity index (χ0n) is 12.3. The molecule has 2 rings (SSSR count). The molecule has 0 spiro atoms. The van der Waals surface area contributed by atoms with Gasteiger partial charge in [-0.1, -0.05) is 6.92 Å². The fourth-order valence-corrected chi connectivity index (χ4v) is 3.59. The first-order valence-electron chi connectivity index (χ1n) is 7.21. The number of amides is 2. The molecule has 0 fully saturated rings. The predicted octanol–water partition coefficient (Wildman–Crippen LogP) is 2.13. The van der Waals surface area contributed by atoms with Crippen LogP contribution >= 0.6 is 11.3 Å². The van der Waals surface area contributed by atoms with E-state index in [4.69, 9.17) is 0 Å². The minimum atomic E-state index is -0.500. The van der Waals surface area contributed by atoms with Crippen molar-refractivity contribution in [3.63, 3.8) is 0 Å². The minimum Gasteiger partial charge on any atom is -0.355 e. The molecule has 5 heteroatoms. The average molecular weight is 294 g/mol. The van der Waals surface area contributed by atoms with Crippen LogP contribution in [0.3, 0.4) is 0 Å². The number of aryl methyl sites for hydroxylation is 1. The van der Waals surface area contributed by atoms with Gasteiger partial charge in [0, 0.05) is 11.4 Å². The maximum Gasteiger partial charge on any atom is 0.262 e. The van der Waals surface area contributed by atoms with E-state index in [1.807, 2.05) is 13.0 Å². The van der Waals surface area contributed by atoms with Crippen molar-refractivity contribution in [3.8, 4) is 0 Å². The Labute approximate surface area is 124 Å². The fourth-order valence-electron chi connectivity index (χ4n) is 2.48. The average Bonchev–Trinajstić information content (AvgIpc) is 2.81. The second-order valence-electron chi connectivity index (χ2n) is 5.50. The predicted molar refractivity (Wildman–Crippen MR) is 81.1 cm³/mol. The molecule has 0 aliphatic heterocycles. The maximum atomic E-state index is 12.2. The van der Waals surface area contributed by atoms with Gasteiger partial charge in [0.2, 0.25) is 5.91 Å². The van der Waals surface area contributed by atoms with E-state index in [9.17, 15) is 9.59 Å². The van der Waals surface area contributed by atoms with Crippen LogP contribution < -0.4 is 10.6 Å². The SMILES string of the molecule is CCNC(=O)[C@@H](C)NC(=O)c1cc2c(s1)CC[C@@H](C)C2. The van der Waals surface area contributed by atoms with Gasteiger partial charge in [-0.3, -0.25) is 9.59 Å². The van der Waals surface area contributed by atoms with Crippen molar-refractivity contribution in [2.75, 3.05) is 6.54 Å². The van der Waals surface area contributed by atoms with Gasteiger partial charge in [0.05, 0.1) is 4.88 Å². The number of nitrogens with one attached hydrogen (secondary N) is 2. The molecule has 2 N–H and O–H groups in total. The van der Waals surface area contributed by atoms with Gasteiger partial charge in [-0.25, -0.2) is 0 Å². The Balaban J connectivity index is 2.01. The van der Waals surface area contributed by atoms with Crippen LogP contribution in [0.4, 0.5) is 0 Å². The first-order valence-corrected chi connectivity index (χ1v) is 8.03. The molecular formula is C15H22N2O2S. The molecule has 0 saturated heterocycles. The molecule has 4 nitrogen and oxygen atoms in total. The Bertz CT molecular complexity index is 510. The summed E-state index contributed by atoms with van der Waals surface area (Å²) in [5.41, 5.74) is 1.31. The van der Waals surface area contributed by atoms with Gasteiger partial charge in [-0.05, 0) is 50.7 Å². The Morgan fingerprint density at radius 3 is 2.95 bits per heavy atom. The standard InChI is InChI=1S/C15H22N2O2S/c1-4-16-14(18)10(3)17-15(19)13-8-11-7-9(2)5-6-12(11)20-13/h8-10H,4-7H2,1-3H3,(H,16,18)(H,17,19)/t9-,10-/m1/s1. The molecule has 0 radical (unpaired) electrons. The van der Waals surface area contributed by atoms with Crippen molar-refractivity contribution in [3.05, 3.63) is 21.4 Å². The Kier molecular flexibility index (Phi) is 4.81. The zero-order valence-corrected chi connectivity index (χ0v) is 13.1. The van der Waals surface area contributed by atoms with Crippen molar-refractivity contribution < 1.29 is 9.59 Å². The minimum absolute atomic E-state index is 0.143. The molecule has 0 aromatic carbocycles. The largest absolute Gasteiger partial charge is 0.355 e. The highest BCUT2D eigenvalue weighted by molar-refractivity contribution is 7.14. The number of likely N-dealkylation sites (N-methyl/N-ethyl adjacent to an activating group) is 1. The van der Waals surface area contributed by atoms with Crippen molar-refractivity contribution >= 4 is 23.2 Å². The van der Waals surface area contributed by atoms with Crippen molar-refractivity contribution in [2.45, 2.75) is 46.1 Å². The van der Waals surface area contributed by atoms with E-state index in [0.29, 0.717) is 12.5 Å². The highest BCUT2D eigenvalue weighted by atomic mass is 32.1. The summed E-state index contributed by atoms with van der Waals surface area (Å²) in [6, 6.07) is 1.50. The highest BCUT2D eigenvalue weighted by Crippen LogP contribution is 2.32. The summed E-state index contributed by atoms with van der Waals surface area (Å²) in [5.74, 6) is 0.411. The van der Waals surface area contributed by atoms with Crippen LogP contribution in [-0.4, -0.2) is 24.4 Å². The second-order valence-corrected chi connectivity index (χ2v) is 6.63.